The Labute approximate surface area is 177 Å². The molecular weight excluding hydrogens is 384 g/mol. The van der Waals surface area contributed by atoms with Gasteiger partial charge >= 0.3 is 6.09 Å². The summed E-state index contributed by atoms with van der Waals surface area (Å²) in [4.78, 5) is 26.6. The van der Waals surface area contributed by atoms with E-state index in [1.165, 1.54) is 5.56 Å². The number of amides is 2. The molecule has 1 aromatic heterocycles. The Morgan fingerprint density at radius 2 is 1.93 bits per heavy atom. The van der Waals surface area contributed by atoms with E-state index in [1.807, 2.05) is 52.8 Å². The summed E-state index contributed by atoms with van der Waals surface area (Å²) in [5.74, 6) is 0.941. The summed E-state index contributed by atoms with van der Waals surface area (Å²) in [7, 11) is 1.77. The summed E-state index contributed by atoms with van der Waals surface area (Å²) in [6, 6.07) is 5.72. The summed E-state index contributed by atoms with van der Waals surface area (Å²) in [6.07, 6.45) is 0.240. The van der Waals surface area contributed by atoms with Crippen molar-refractivity contribution in [3.8, 4) is 5.75 Å². The van der Waals surface area contributed by atoms with Crippen molar-refractivity contribution in [2.45, 2.75) is 53.2 Å². The van der Waals surface area contributed by atoms with Crippen LogP contribution in [0.15, 0.2) is 18.2 Å². The lowest BCUT2D eigenvalue weighted by Crippen LogP contribution is -2.40. The van der Waals surface area contributed by atoms with E-state index in [1.54, 1.807) is 16.6 Å². The molecule has 0 saturated carbocycles. The Morgan fingerprint density at radius 1 is 1.20 bits per heavy atom. The Hall–Kier alpha value is -3.03. The van der Waals surface area contributed by atoms with Gasteiger partial charge in [-0.15, -0.1) is 0 Å². The van der Waals surface area contributed by atoms with Crippen LogP contribution in [0, 0.1) is 13.8 Å². The zero-order chi connectivity index (χ0) is 22.1. The molecule has 1 N–H and O–H groups in total. The van der Waals surface area contributed by atoms with Crippen LogP contribution in [0.25, 0.3) is 0 Å². The lowest BCUT2D eigenvalue weighted by atomic mass is 10.1. The van der Waals surface area contributed by atoms with Gasteiger partial charge in [0.15, 0.2) is 6.61 Å². The predicted octanol–water partition coefficient (Wildman–Crippen LogP) is 3.35. The van der Waals surface area contributed by atoms with Crippen molar-refractivity contribution >= 4 is 17.8 Å². The number of carbonyl (C=O) groups excluding carboxylic acids is 2. The second-order valence-corrected chi connectivity index (χ2v) is 8.63. The van der Waals surface area contributed by atoms with Gasteiger partial charge in [0.25, 0.3) is 5.91 Å². The van der Waals surface area contributed by atoms with Crippen molar-refractivity contribution in [3.05, 3.63) is 40.6 Å². The first kappa shape index (κ1) is 21.7. The quantitative estimate of drug-likeness (QED) is 0.829. The molecule has 0 fully saturated rings. The van der Waals surface area contributed by atoms with Crippen molar-refractivity contribution in [1.29, 1.82) is 0 Å². The van der Waals surface area contributed by atoms with E-state index < -0.39 is 5.60 Å². The van der Waals surface area contributed by atoms with Crippen LogP contribution in [0.4, 0.5) is 10.6 Å². The SMILES string of the molecule is Cc1ccc(OCC(=O)Nc2c3c(nn2C)CCN(C(=O)OC(C)(C)C)C3)cc1C. The number of rotatable bonds is 4. The number of nitrogens with one attached hydrogen (secondary N) is 1. The van der Waals surface area contributed by atoms with Crippen LogP contribution in [0.5, 0.6) is 5.75 Å². The maximum absolute atomic E-state index is 12.5. The summed E-state index contributed by atoms with van der Waals surface area (Å²) >= 11 is 0. The number of fused-ring (bicyclic) bond motifs is 1. The highest BCUT2D eigenvalue weighted by Gasteiger charge is 2.30. The minimum absolute atomic E-state index is 0.113. The van der Waals surface area contributed by atoms with Crippen molar-refractivity contribution < 1.29 is 19.1 Å². The van der Waals surface area contributed by atoms with Gasteiger partial charge in [-0.1, -0.05) is 6.07 Å². The maximum atomic E-state index is 12.5. The summed E-state index contributed by atoms with van der Waals surface area (Å²) < 4.78 is 12.7. The number of hydrogen-bond donors (Lipinski definition) is 1. The van der Waals surface area contributed by atoms with Crippen LogP contribution in [-0.4, -0.2) is 45.4 Å². The molecule has 2 amide bonds. The molecular formula is C22H30N4O4. The molecule has 0 aliphatic carbocycles. The van der Waals surface area contributed by atoms with E-state index in [2.05, 4.69) is 10.4 Å². The van der Waals surface area contributed by atoms with Gasteiger partial charge in [0.2, 0.25) is 0 Å². The molecule has 0 spiro atoms. The number of aromatic nitrogens is 2. The Balaban J connectivity index is 1.66. The van der Waals surface area contributed by atoms with E-state index in [4.69, 9.17) is 9.47 Å². The fourth-order valence-corrected chi connectivity index (χ4v) is 3.26. The molecule has 162 valence electrons. The zero-order valence-electron chi connectivity index (χ0n) is 18.5. The monoisotopic (exact) mass is 414 g/mol. The first-order valence-electron chi connectivity index (χ1n) is 10.1. The molecule has 2 heterocycles. The summed E-state index contributed by atoms with van der Waals surface area (Å²) in [5.41, 5.74) is 3.42. The second-order valence-electron chi connectivity index (χ2n) is 8.63. The second kappa shape index (κ2) is 8.38. The van der Waals surface area contributed by atoms with Crippen molar-refractivity contribution in [2.24, 2.45) is 7.05 Å². The minimum Gasteiger partial charge on any atom is -0.484 e. The van der Waals surface area contributed by atoms with Crippen LogP contribution in [-0.2, 0) is 29.5 Å². The van der Waals surface area contributed by atoms with Crippen molar-refractivity contribution in [3.63, 3.8) is 0 Å². The first-order chi connectivity index (χ1) is 14.0. The van der Waals surface area contributed by atoms with Gasteiger partial charge in [0.1, 0.15) is 17.2 Å². The number of aryl methyl sites for hydroxylation is 3. The molecule has 1 aliphatic heterocycles. The normalized spacial score (nSPS) is 13.6. The highest BCUT2D eigenvalue weighted by atomic mass is 16.6. The maximum Gasteiger partial charge on any atom is 0.410 e. The molecule has 0 bridgehead atoms. The van der Waals surface area contributed by atoms with Gasteiger partial charge in [-0.05, 0) is 57.9 Å². The van der Waals surface area contributed by atoms with Crippen molar-refractivity contribution in [1.82, 2.24) is 14.7 Å². The molecule has 0 saturated heterocycles. The molecule has 0 radical (unpaired) electrons. The summed E-state index contributed by atoms with van der Waals surface area (Å²) in [6.45, 7) is 10.3. The molecule has 0 unspecified atom stereocenters. The summed E-state index contributed by atoms with van der Waals surface area (Å²) in [5, 5.41) is 7.37. The molecule has 8 heteroatoms. The largest absolute Gasteiger partial charge is 0.484 e. The third-order valence-corrected chi connectivity index (χ3v) is 4.95. The number of carbonyl (C=O) groups is 2. The van der Waals surface area contributed by atoms with Crippen molar-refractivity contribution in [2.75, 3.05) is 18.5 Å². The predicted molar refractivity (Wildman–Crippen MR) is 114 cm³/mol. The van der Waals surface area contributed by atoms with Crippen LogP contribution in [0.2, 0.25) is 0 Å². The van der Waals surface area contributed by atoms with Gasteiger partial charge in [0.05, 0.1) is 12.2 Å². The average molecular weight is 415 g/mol. The average Bonchev–Trinajstić information content (AvgIpc) is 2.96. The van der Waals surface area contributed by atoms with E-state index in [-0.39, 0.29) is 18.6 Å². The molecule has 1 aromatic carbocycles. The van der Waals surface area contributed by atoms with Gasteiger partial charge < -0.3 is 19.7 Å². The van der Waals surface area contributed by atoms with Gasteiger partial charge in [-0.3, -0.25) is 9.48 Å². The lowest BCUT2D eigenvalue weighted by molar-refractivity contribution is -0.118. The number of hydrogen-bond acceptors (Lipinski definition) is 5. The zero-order valence-corrected chi connectivity index (χ0v) is 18.5. The Morgan fingerprint density at radius 3 is 2.60 bits per heavy atom. The number of anilines is 1. The molecule has 2 aromatic rings. The van der Waals surface area contributed by atoms with Crippen LogP contribution >= 0.6 is 0 Å². The smallest absolute Gasteiger partial charge is 0.410 e. The highest BCUT2D eigenvalue weighted by Crippen LogP contribution is 2.27. The highest BCUT2D eigenvalue weighted by molar-refractivity contribution is 5.92. The third kappa shape index (κ3) is 5.11. The Kier molecular flexibility index (Phi) is 6.05. The minimum atomic E-state index is -0.561. The number of nitrogens with zero attached hydrogens (tertiary/aromatic N) is 3. The van der Waals surface area contributed by atoms with E-state index in [0.29, 0.717) is 31.1 Å². The fourth-order valence-electron chi connectivity index (χ4n) is 3.26. The van der Waals surface area contributed by atoms with Gasteiger partial charge in [-0.25, -0.2) is 4.79 Å². The molecule has 8 nitrogen and oxygen atoms in total. The first-order valence-corrected chi connectivity index (χ1v) is 10.1. The molecule has 3 rings (SSSR count). The molecule has 0 atom stereocenters. The lowest BCUT2D eigenvalue weighted by Gasteiger charge is -2.29. The Bertz CT molecular complexity index is 959. The van der Waals surface area contributed by atoms with Gasteiger partial charge in [0, 0.05) is 25.6 Å². The van der Waals surface area contributed by atoms with Gasteiger partial charge in [-0.2, -0.15) is 5.10 Å². The third-order valence-electron chi connectivity index (χ3n) is 4.95. The van der Waals surface area contributed by atoms with E-state index in [0.717, 1.165) is 16.8 Å². The van der Waals surface area contributed by atoms with Crippen LogP contribution in [0.1, 0.15) is 43.2 Å². The standard InChI is InChI=1S/C22H30N4O4/c1-14-7-8-16(11-15(14)2)29-13-19(27)23-20-17-12-26(21(28)30-22(3,4)5)10-9-18(17)24-25(20)6/h7-8,11H,9-10,12-13H2,1-6H3,(H,23,27). The van der Waals surface area contributed by atoms with Crippen LogP contribution in [0.3, 0.4) is 0 Å². The van der Waals surface area contributed by atoms with Crippen LogP contribution < -0.4 is 10.1 Å². The molecule has 1 aliphatic rings. The fraction of sp³-hybridized carbons (Fsp3) is 0.500. The number of benzene rings is 1. The molecule has 30 heavy (non-hydrogen) atoms. The van der Waals surface area contributed by atoms with E-state index in [9.17, 15) is 9.59 Å². The number of ether oxygens (including phenoxy) is 2. The van der Waals surface area contributed by atoms with E-state index >= 15 is 0 Å². The topological polar surface area (TPSA) is 85.7 Å².